The Morgan fingerprint density at radius 1 is 1.10 bits per heavy atom. The quantitative estimate of drug-likeness (QED) is 0.599. The Hall–Kier alpha value is -2.71. The molecule has 0 saturated carbocycles. The number of benzene rings is 2. The van der Waals surface area contributed by atoms with Gasteiger partial charge in [-0.2, -0.15) is 5.26 Å². The summed E-state index contributed by atoms with van der Waals surface area (Å²) in [5.74, 6) is 0. The fourth-order valence-electron chi connectivity index (χ4n) is 4.31. The van der Waals surface area contributed by atoms with Gasteiger partial charge in [-0.25, -0.2) is 0 Å². The molecule has 4 rings (SSSR count). The summed E-state index contributed by atoms with van der Waals surface area (Å²) in [5.41, 5.74) is 5.08. The molecule has 3 aromatic rings. The van der Waals surface area contributed by atoms with Crippen molar-refractivity contribution in [2.24, 2.45) is 0 Å². The van der Waals surface area contributed by atoms with Gasteiger partial charge in [-0.15, -0.1) is 0 Å². The number of hydrogen-bond donors (Lipinski definition) is 1. The lowest BCUT2D eigenvalue weighted by Crippen LogP contribution is -2.31. The van der Waals surface area contributed by atoms with Crippen LogP contribution in [0.5, 0.6) is 0 Å². The molecular weight excluding hydrogens is 394 g/mol. The molecule has 4 nitrogen and oxygen atoms in total. The number of pyridine rings is 1. The summed E-state index contributed by atoms with van der Waals surface area (Å²) in [5, 5.41) is 21.4. The smallest absolute Gasteiger partial charge is 0.101 e. The van der Waals surface area contributed by atoms with E-state index in [1.54, 1.807) is 6.20 Å². The summed E-state index contributed by atoms with van der Waals surface area (Å²) in [4.78, 5) is 6.93. The van der Waals surface area contributed by atoms with E-state index < -0.39 is 6.10 Å². The van der Waals surface area contributed by atoms with Crippen LogP contribution in [0.3, 0.4) is 0 Å². The molecule has 0 aliphatic carbocycles. The van der Waals surface area contributed by atoms with Gasteiger partial charge in [0.15, 0.2) is 0 Å². The first-order chi connectivity index (χ1) is 14.6. The Morgan fingerprint density at radius 3 is 2.50 bits per heavy atom. The average molecular weight is 418 g/mol. The van der Waals surface area contributed by atoms with E-state index in [2.05, 4.69) is 16.0 Å². The van der Waals surface area contributed by atoms with Gasteiger partial charge in [-0.1, -0.05) is 29.8 Å². The number of nitriles is 1. The fraction of sp³-hybridized carbons (Fsp3) is 0.280. The van der Waals surface area contributed by atoms with E-state index in [9.17, 15) is 5.11 Å². The van der Waals surface area contributed by atoms with Crippen molar-refractivity contribution < 1.29 is 5.11 Å². The van der Waals surface area contributed by atoms with Crippen LogP contribution in [0.4, 0.5) is 0 Å². The molecule has 0 amide bonds. The fourth-order valence-corrected chi connectivity index (χ4v) is 4.60. The maximum Gasteiger partial charge on any atom is 0.101 e. The first-order valence-corrected chi connectivity index (χ1v) is 10.6. The van der Waals surface area contributed by atoms with Crippen molar-refractivity contribution in [3.63, 3.8) is 0 Å². The van der Waals surface area contributed by atoms with Crippen LogP contribution in [0.1, 0.15) is 47.2 Å². The maximum atomic E-state index is 11.6. The predicted octanol–water partition coefficient (Wildman–Crippen LogP) is 5.45. The number of aliphatic hydroxyl groups is 1. The highest BCUT2D eigenvalue weighted by Gasteiger charge is 2.32. The minimum atomic E-state index is -0.765. The van der Waals surface area contributed by atoms with Crippen LogP contribution in [-0.2, 0) is 0 Å². The molecule has 0 unspecified atom stereocenters. The van der Waals surface area contributed by atoms with E-state index in [1.807, 2.05) is 61.5 Å². The Kier molecular flexibility index (Phi) is 6.15. The minimum absolute atomic E-state index is 0.205. The van der Waals surface area contributed by atoms with Gasteiger partial charge in [0.05, 0.1) is 23.4 Å². The average Bonchev–Trinajstić information content (AvgIpc) is 3.28. The second kappa shape index (κ2) is 8.97. The van der Waals surface area contributed by atoms with Crippen molar-refractivity contribution in [3.8, 4) is 17.3 Å². The third kappa shape index (κ3) is 4.24. The van der Waals surface area contributed by atoms with Gasteiger partial charge in [0.25, 0.3) is 0 Å². The van der Waals surface area contributed by atoms with E-state index in [1.165, 1.54) is 0 Å². The lowest BCUT2D eigenvalue weighted by atomic mass is 9.91. The highest BCUT2D eigenvalue weighted by Crippen LogP contribution is 2.39. The number of hydrogen-bond acceptors (Lipinski definition) is 4. The molecule has 5 heteroatoms. The molecule has 1 aliphatic rings. The minimum Gasteiger partial charge on any atom is -0.386 e. The van der Waals surface area contributed by atoms with Gasteiger partial charge in [0, 0.05) is 22.3 Å². The molecule has 1 aromatic heterocycles. The lowest BCUT2D eigenvalue weighted by molar-refractivity contribution is 0.0609. The lowest BCUT2D eigenvalue weighted by Gasteiger charge is -2.33. The van der Waals surface area contributed by atoms with E-state index in [4.69, 9.17) is 16.9 Å². The Labute approximate surface area is 182 Å². The van der Waals surface area contributed by atoms with Gasteiger partial charge >= 0.3 is 0 Å². The van der Waals surface area contributed by atoms with Crippen LogP contribution in [0.15, 0.2) is 60.8 Å². The van der Waals surface area contributed by atoms with Crippen LogP contribution in [-0.4, -0.2) is 28.1 Å². The van der Waals surface area contributed by atoms with E-state index >= 15 is 0 Å². The normalized spacial score (nSPS) is 16.2. The predicted molar refractivity (Wildman–Crippen MR) is 119 cm³/mol. The Balaban J connectivity index is 1.78. The van der Waals surface area contributed by atoms with Crippen LogP contribution in [0.25, 0.3) is 11.3 Å². The topological polar surface area (TPSA) is 60.2 Å². The third-order valence-corrected chi connectivity index (χ3v) is 5.91. The number of rotatable bonds is 5. The second-order valence-electron chi connectivity index (χ2n) is 7.83. The molecule has 1 fully saturated rings. The summed E-state index contributed by atoms with van der Waals surface area (Å²) in [6, 6.07) is 19.1. The van der Waals surface area contributed by atoms with Crippen LogP contribution < -0.4 is 0 Å². The molecule has 1 saturated heterocycles. The monoisotopic (exact) mass is 417 g/mol. The van der Waals surface area contributed by atoms with Crippen molar-refractivity contribution in [2.75, 3.05) is 13.1 Å². The zero-order valence-electron chi connectivity index (χ0n) is 16.9. The standard InChI is InChI=1S/C25H24ClN3O/c1-17-13-20(15-21(26)14-17)23-22(5-4-10-28-23)25(30)24(29-11-2-3-12-29)19-8-6-18(16-27)7-9-19/h4-10,13-15,24-25,30H,2-3,11-12H2,1H3/t24-,25+/m0/s1. The SMILES string of the molecule is Cc1cc(Cl)cc(-c2ncccc2[C@@H](O)[C@H](c2ccc(C#N)cc2)N2CCCC2)c1. The first kappa shape index (κ1) is 20.6. The van der Waals surface area contributed by atoms with Gasteiger partial charge in [-0.3, -0.25) is 9.88 Å². The Bertz CT molecular complexity index is 1050. The van der Waals surface area contributed by atoms with Gasteiger partial charge in [-0.05, 0) is 80.4 Å². The molecule has 0 radical (unpaired) electrons. The summed E-state index contributed by atoms with van der Waals surface area (Å²) in [6.07, 6.45) is 3.22. The summed E-state index contributed by atoms with van der Waals surface area (Å²) >= 11 is 6.30. The molecule has 0 spiro atoms. The van der Waals surface area contributed by atoms with E-state index in [0.29, 0.717) is 10.6 Å². The first-order valence-electron chi connectivity index (χ1n) is 10.2. The molecular formula is C25H24ClN3O. The molecule has 152 valence electrons. The van der Waals surface area contributed by atoms with Crippen molar-refractivity contribution in [3.05, 3.63) is 88.1 Å². The van der Waals surface area contributed by atoms with Crippen molar-refractivity contribution in [1.29, 1.82) is 5.26 Å². The maximum absolute atomic E-state index is 11.6. The zero-order chi connectivity index (χ0) is 21.1. The zero-order valence-corrected chi connectivity index (χ0v) is 17.7. The van der Waals surface area contributed by atoms with E-state index in [0.717, 1.165) is 53.9 Å². The van der Waals surface area contributed by atoms with E-state index in [-0.39, 0.29) is 6.04 Å². The number of aliphatic hydroxyl groups excluding tert-OH is 1. The van der Waals surface area contributed by atoms with Crippen molar-refractivity contribution in [2.45, 2.75) is 31.9 Å². The third-order valence-electron chi connectivity index (χ3n) is 5.69. The summed E-state index contributed by atoms with van der Waals surface area (Å²) < 4.78 is 0. The van der Waals surface area contributed by atoms with Gasteiger partial charge < -0.3 is 5.11 Å². The number of aryl methyl sites for hydroxylation is 1. The van der Waals surface area contributed by atoms with Crippen LogP contribution in [0, 0.1) is 18.3 Å². The molecule has 2 atom stereocenters. The highest BCUT2D eigenvalue weighted by molar-refractivity contribution is 6.30. The van der Waals surface area contributed by atoms with Crippen molar-refractivity contribution >= 4 is 11.6 Å². The van der Waals surface area contributed by atoms with Crippen LogP contribution >= 0.6 is 11.6 Å². The molecule has 2 heterocycles. The Morgan fingerprint density at radius 2 is 1.83 bits per heavy atom. The molecule has 2 aromatic carbocycles. The summed E-state index contributed by atoms with van der Waals surface area (Å²) in [7, 11) is 0. The molecule has 0 bridgehead atoms. The highest BCUT2D eigenvalue weighted by atomic mass is 35.5. The van der Waals surface area contributed by atoms with Gasteiger partial charge in [0.2, 0.25) is 0 Å². The number of aromatic nitrogens is 1. The molecule has 1 N–H and O–H groups in total. The summed E-state index contributed by atoms with van der Waals surface area (Å²) in [6.45, 7) is 3.87. The van der Waals surface area contributed by atoms with Gasteiger partial charge in [0.1, 0.15) is 6.10 Å². The molecule has 1 aliphatic heterocycles. The number of likely N-dealkylation sites (tertiary alicyclic amines) is 1. The number of halogens is 1. The number of nitrogens with zero attached hydrogens (tertiary/aromatic N) is 3. The second-order valence-corrected chi connectivity index (χ2v) is 8.26. The van der Waals surface area contributed by atoms with Crippen LogP contribution in [0.2, 0.25) is 5.02 Å². The largest absolute Gasteiger partial charge is 0.386 e. The molecule has 30 heavy (non-hydrogen) atoms. The van der Waals surface area contributed by atoms with Crippen molar-refractivity contribution in [1.82, 2.24) is 9.88 Å².